The Kier molecular flexibility index (Phi) is 5.28. The molecule has 8 aromatic rings. The van der Waals surface area contributed by atoms with Crippen LogP contribution in [0.15, 0.2) is 127 Å². The van der Waals surface area contributed by atoms with Crippen molar-refractivity contribution in [1.82, 2.24) is 4.57 Å². The van der Waals surface area contributed by atoms with Gasteiger partial charge in [-0.3, -0.25) is 0 Å². The van der Waals surface area contributed by atoms with E-state index in [1.165, 1.54) is 26.2 Å². The minimum absolute atomic E-state index is 0.300. The molecule has 0 aliphatic heterocycles. The van der Waals surface area contributed by atoms with Crippen molar-refractivity contribution < 1.29 is 4.39 Å². The van der Waals surface area contributed by atoms with E-state index in [0.29, 0.717) is 11.3 Å². The van der Waals surface area contributed by atoms with Crippen molar-refractivity contribution in [2.24, 2.45) is 0 Å². The van der Waals surface area contributed by atoms with E-state index in [-0.39, 0.29) is 5.82 Å². The molecule has 2 aromatic heterocycles. The van der Waals surface area contributed by atoms with Crippen molar-refractivity contribution in [2.75, 3.05) is 0 Å². The van der Waals surface area contributed by atoms with Gasteiger partial charge in [0.25, 0.3) is 0 Å². The quantitative estimate of drug-likeness (QED) is 0.217. The van der Waals surface area contributed by atoms with Gasteiger partial charge >= 0.3 is 0 Å². The van der Waals surface area contributed by atoms with E-state index in [0.717, 1.165) is 44.1 Å². The largest absolute Gasteiger partial charge is 0.306 e. The average Bonchev–Trinajstić information content (AvgIpc) is 3.56. The maximum absolute atomic E-state index is 15.9. The summed E-state index contributed by atoms with van der Waals surface area (Å²) in [6.45, 7) is 0. The predicted molar refractivity (Wildman–Crippen MR) is 169 cm³/mol. The van der Waals surface area contributed by atoms with Gasteiger partial charge in [-0.05, 0) is 59.7 Å². The number of hydrogen-bond acceptors (Lipinski definition) is 2. The van der Waals surface area contributed by atoms with Crippen molar-refractivity contribution >= 4 is 53.3 Å². The van der Waals surface area contributed by atoms with E-state index in [2.05, 4.69) is 60.7 Å². The van der Waals surface area contributed by atoms with E-state index in [1.807, 2.05) is 65.2 Å². The normalized spacial score (nSPS) is 11.5. The first kappa shape index (κ1) is 23.6. The molecule has 0 fully saturated rings. The van der Waals surface area contributed by atoms with Crippen LogP contribution >= 0.6 is 11.3 Å². The third kappa shape index (κ3) is 3.60. The molecule has 0 bridgehead atoms. The van der Waals surface area contributed by atoms with Crippen LogP contribution in [0.3, 0.4) is 0 Å². The van der Waals surface area contributed by atoms with E-state index >= 15 is 4.39 Å². The van der Waals surface area contributed by atoms with Gasteiger partial charge in [0.05, 0.1) is 28.4 Å². The third-order valence-corrected chi connectivity index (χ3v) is 9.08. The molecule has 0 saturated heterocycles. The van der Waals surface area contributed by atoms with E-state index < -0.39 is 0 Å². The van der Waals surface area contributed by atoms with Crippen LogP contribution in [0, 0.1) is 17.1 Å². The highest BCUT2D eigenvalue weighted by Gasteiger charge is 2.20. The van der Waals surface area contributed by atoms with Crippen LogP contribution in [-0.4, -0.2) is 4.57 Å². The molecule has 0 spiro atoms. The Morgan fingerprint density at radius 2 is 1.20 bits per heavy atom. The van der Waals surface area contributed by atoms with Crippen LogP contribution < -0.4 is 0 Å². The number of fused-ring (bicyclic) bond motifs is 6. The van der Waals surface area contributed by atoms with Gasteiger partial charge in [-0.15, -0.1) is 11.3 Å². The first-order valence-corrected chi connectivity index (χ1v) is 14.3. The predicted octanol–water partition coefficient (Wildman–Crippen LogP) is 10.5. The maximum Gasteiger partial charge on any atom is 0.147 e. The van der Waals surface area contributed by atoms with E-state index in [4.69, 9.17) is 0 Å². The standard InChI is InChI=1S/C37H21FN2S/c38-32-12-7-11-26(37(32)40-33-13-4-1-8-27(33)28-9-2-5-14-34(28)40)23-16-17-25(22-39)30(20-23)24-18-19-36-31(21-24)29-10-3-6-15-35(29)41-36/h1-21H. The van der Waals surface area contributed by atoms with Gasteiger partial charge in [-0.1, -0.05) is 78.9 Å². The zero-order valence-corrected chi connectivity index (χ0v) is 22.6. The Hall–Kier alpha value is -5.24. The Morgan fingerprint density at radius 1 is 0.561 bits per heavy atom. The topological polar surface area (TPSA) is 28.7 Å². The number of benzene rings is 6. The number of aromatic nitrogens is 1. The summed E-state index contributed by atoms with van der Waals surface area (Å²) in [7, 11) is 0. The molecule has 0 N–H and O–H groups in total. The molecule has 41 heavy (non-hydrogen) atoms. The fourth-order valence-corrected chi connectivity index (χ4v) is 7.17. The maximum atomic E-state index is 15.9. The molecule has 2 heterocycles. The Bertz CT molecular complexity index is 2300. The zero-order valence-electron chi connectivity index (χ0n) is 21.8. The lowest BCUT2D eigenvalue weighted by Gasteiger charge is -2.16. The third-order valence-electron chi connectivity index (χ3n) is 7.93. The molecule has 0 aliphatic rings. The monoisotopic (exact) mass is 544 g/mol. The molecule has 8 rings (SSSR count). The summed E-state index contributed by atoms with van der Waals surface area (Å²) < 4.78 is 20.4. The van der Waals surface area contributed by atoms with Crippen molar-refractivity contribution in [3.05, 3.63) is 139 Å². The van der Waals surface area contributed by atoms with Gasteiger partial charge in [0.2, 0.25) is 0 Å². The van der Waals surface area contributed by atoms with Gasteiger partial charge in [0.1, 0.15) is 5.82 Å². The lowest BCUT2D eigenvalue weighted by atomic mass is 9.93. The van der Waals surface area contributed by atoms with Crippen molar-refractivity contribution in [1.29, 1.82) is 5.26 Å². The Labute approximate surface area is 239 Å². The molecular weight excluding hydrogens is 523 g/mol. The highest BCUT2D eigenvalue weighted by Crippen LogP contribution is 2.40. The number of nitrogens with zero attached hydrogens (tertiary/aromatic N) is 2. The highest BCUT2D eigenvalue weighted by molar-refractivity contribution is 7.25. The van der Waals surface area contributed by atoms with Crippen LogP contribution in [0.1, 0.15) is 5.56 Å². The van der Waals surface area contributed by atoms with Crippen molar-refractivity contribution in [2.45, 2.75) is 0 Å². The SMILES string of the molecule is N#Cc1ccc(-c2cccc(F)c2-n2c3ccccc3c3ccccc32)cc1-c1ccc2sc3ccccc3c2c1. The summed E-state index contributed by atoms with van der Waals surface area (Å²) in [6.07, 6.45) is 0. The lowest BCUT2D eigenvalue weighted by Crippen LogP contribution is -2.01. The van der Waals surface area contributed by atoms with Crippen LogP contribution in [-0.2, 0) is 0 Å². The van der Waals surface area contributed by atoms with Crippen molar-refractivity contribution in [3.8, 4) is 34.0 Å². The van der Waals surface area contributed by atoms with Crippen LogP contribution in [0.2, 0.25) is 0 Å². The second-order valence-corrected chi connectivity index (χ2v) is 11.3. The first-order valence-electron chi connectivity index (χ1n) is 13.4. The fourth-order valence-electron chi connectivity index (χ4n) is 6.08. The summed E-state index contributed by atoms with van der Waals surface area (Å²) in [4.78, 5) is 0. The zero-order chi connectivity index (χ0) is 27.5. The summed E-state index contributed by atoms with van der Waals surface area (Å²) >= 11 is 1.77. The Morgan fingerprint density at radius 3 is 1.95 bits per heavy atom. The van der Waals surface area contributed by atoms with Gasteiger partial charge in [-0.25, -0.2) is 4.39 Å². The van der Waals surface area contributed by atoms with Gasteiger partial charge < -0.3 is 4.57 Å². The van der Waals surface area contributed by atoms with Crippen LogP contribution in [0.25, 0.3) is 69.9 Å². The molecular formula is C37H21FN2S. The molecule has 0 amide bonds. The molecule has 4 heteroatoms. The summed E-state index contributed by atoms with van der Waals surface area (Å²) in [5.74, 6) is -0.300. The van der Waals surface area contributed by atoms with Gasteiger partial charge in [0, 0.05) is 42.1 Å². The van der Waals surface area contributed by atoms with Gasteiger partial charge in [-0.2, -0.15) is 5.26 Å². The van der Waals surface area contributed by atoms with Gasteiger partial charge in [0.15, 0.2) is 0 Å². The molecule has 6 aromatic carbocycles. The molecule has 0 radical (unpaired) electrons. The molecule has 0 saturated carbocycles. The molecule has 192 valence electrons. The van der Waals surface area contributed by atoms with Crippen molar-refractivity contribution in [3.63, 3.8) is 0 Å². The van der Waals surface area contributed by atoms with E-state index in [9.17, 15) is 5.26 Å². The lowest BCUT2D eigenvalue weighted by molar-refractivity contribution is 0.621. The highest BCUT2D eigenvalue weighted by atomic mass is 32.1. The number of hydrogen-bond donors (Lipinski definition) is 0. The van der Waals surface area contributed by atoms with Crippen LogP contribution in [0.5, 0.6) is 0 Å². The molecule has 0 atom stereocenters. The molecule has 0 unspecified atom stereocenters. The number of thiophene rings is 1. The minimum atomic E-state index is -0.300. The minimum Gasteiger partial charge on any atom is -0.306 e. The summed E-state index contributed by atoms with van der Waals surface area (Å²) in [5, 5.41) is 14.6. The van der Waals surface area contributed by atoms with Crippen LogP contribution in [0.4, 0.5) is 4.39 Å². The Balaban J connectivity index is 1.38. The summed E-state index contributed by atoms with van der Waals surface area (Å²) in [6, 6.07) is 44.4. The summed E-state index contributed by atoms with van der Waals surface area (Å²) in [5.41, 5.74) is 6.40. The average molecular weight is 545 g/mol. The second-order valence-electron chi connectivity index (χ2n) is 10.2. The van der Waals surface area contributed by atoms with E-state index in [1.54, 1.807) is 17.4 Å². The molecule has 2 nitrogen and oxygen atoms in total. The first-order chi connectivity index (χ1) is 20.2. The number of nitriles is 1. The smallest absolute Gasteiger partial charge is 0.147 e. The molecule has 0 aliphatic carbocycles. The second kappa shape index (κ2) is 9.16. The number of halogens is 1. The number of rotatable bonds is 3. The fraction of sp³-hybridized carbons (Fsp3) is 0. The number of para-hydroxylation sites is 3.